The maximum atomic E-state index is 3.71. The summed E-state index contributed by atoms with van der Waals surface area (Å²) < 4.78 is 0. The standard InChI is InChI=1S/C16H32N2/c1-13(2)18(12-14-7-5-6-10-17-14)15-8-9-16(3,4)11-15/h13-15,17H,5-12H2,1-4H3. The summed E-state index contributed by atoms with van der Waals surface area (Å²) in [4.78, 5) is 2.78. The second-order valence-electron chi connectivity index (χ2n) is 7.50. The molecule has 0 aromatic heterocycles. The van der Waals surface area contributed by atoms with Crippen LogP contribution in [-0.2, 0) is 0 Å². The van der Waals surface area contributed by atoms with E-state index in [1.807, 2.05) is 0 Å². The first-order valence-corrected chi connectivity index (χ1v) is 7.97. The molecular formula is C16H32N2. The van der Waals surface area contributed by atoms with Gasteiger partial charge in [0.05, 0.1) is 0 Å². The lowest BCUT2D eigenvalue weighted by molar-refractivity contribution is 0.123. The first kappa shape index (κ1) is 14.3. The molecule has 2 nitrogen and oxygen atoms in total. The predicted molar refractivity (Wildman–Crippen MR) is 78.9 cm³/mol. The number of hydrogen-bond donors (Lipinski definition) is 1. The summed E-state index contributed by atoms with van der Waals surface area (Å²) >= 11 is 0. The first-order valence-electron chi connectivity index (χ1n) is 7.97. The number of nitrogens with one attached hydrogen (secondary N) is 1. The molecule has 2 fully saturated rings. The number of rotatable bonds is 4. The highest BCUT2D eigenvalue weighted by molar-refractivity contribution is 4.91. The van der Waals surface area contributed by atoms with Crippen molar-refractivity contribution in [2.75, 3.05) is 13.1 Å². The fraction of sp³-hybridized carbons (Fsp3) is 1.00. The van der Waals surface area contributed by atoms with E-state index in [4.69, 9.17) is 0 Å². The van der Waals surface area contributed by atoms with Gasteiger partial charge in [-0.25, -0.2) is 0 Å². The summed E-state index contributed by atoms with van der Waals surface area (Å²) in [6.45, 7) is 12.1. The molecule has 1 aliphatic carbocycles. The molecule has 1 aliphatic heterocycles. The van der Waals surface area contributed by atoms with Crippen LogP contribution in [0.5, 0.6) is 0 Å². The molecular weight excluding hydrogens is 220 g/mol. The van der Waals surface area contributed by atoms with Crippen molar-refractivity contribution in [1.29, 1.82) is 0 Å². The van der Waals surface area contributed by atoms with Crippen molar-refractivity contribution in [3.8, 4) is 0 Å². The van der Waals surface area contributed by atoms with Crippen LogP contribution in [0.15, 0.2) is 0 Å². The van der Waals surface area contributed by atoms with E-state index in [9.17, 15) is 0 Å². The molecule has 2 heteroatoms. The van der Waals surface area contributed by atoms with Crippen molar-refractivity contribution < 1.29 is 0 Å². The molecule has 2 atom stereocenters. The molecule has 0 aromatic rings. The average molecular weight is 252 g/mol. The van der Waals surface area contributed by atoms with Gasteiger partial charge >= 0.3 is 0 Å². The van der Waals surface area contributed by atoms with Crippen molar-refractivity contribution in [3.63, 3.8) is 0 Å². The van der Waals surface area contributed by atoms with Crippen molar-refractivity contribution in [3.05, 3.63) is 0 Å². The Morgan fingerprint density at radius 1 is 1.22 bits per heavy atom. The molecule has 2 aliphatic rings. The summed E-state index contributed by atoms with van der Waals surface area (Å²) in [6.07, 6.45) is 8.35. The van der Waals surface area contributed by atoms with E-state index < -0.39 is 0 Å². The van der Waals surface area contributed by atoms with Crippen LogP contribution in [0, 0.1) is 5.41 Å². The molecule has 18 heavy (non-hydrogen) atoms. The van der Waals surface area contributed by atoms with Crippen LogP contribution in [0.25, 0.3) is 0 Å². The van der Waals surface area contributed by atoms with E-state index in [-0.39, 0.29) is 0 Å². The zero-order valence-electron chi connectivity index (χ0n) is 12.8. The van der Waals surface area contributed by atoms with E-state index in [0.717, 1.165) is 12.1 Å². The van der Waals surface area contributed by atoms with Gasteiger partial charge in [-0.1, -0.05) is 20.3 Å². The fourth-order valence-corrected chi connectivity index (χ4v) is 3.80. The van der Waals surface area contributed by atoms with Gasteiger partial charge in [0.1, 0.15) is 0 Å². The topological polar surface area (TPSA) is 15.3 Å². The van der Waals surface area contributed by atoms with Gasteiger partial charge in [-0.2, -0.15) is 0 Å². The number of nitrogens with zero attached hydrogens (tertiary/aromatic N) is 1. The molecule has 106 valence electrons. The van der Waals surface area contributed by atoms with Crippen LogP contribution in [0.4, 0.5) is 0 Å². The summed E-state index contributed by atoms with van der Waals surface area (Å²) in [6, 6.07) is 2.25. The minimum atomic E-state index is 0.567. The van der Waals surface area contributed by atoms with Gasteiger partial charge in [-0.3, -0.25) is 4.90 Å². The Bertz CT molecular complexity index is 254. The predicted octanol–water partition coefficient (Wildman–Crippen LogP) is 3.42. The highest BCUT2D eigenvalue weighted by atomic mass is 15.2. The Labute approximate surface area is 114 Å². The third-order valence-corrected chi connectivity index (χ3v) is 4.92. The molecule has 0 aromatic carbocycles. The average Bonchev–Trinajstić information content (AvgIpc) is 2.67. The van der Waals surface area contributed by atoms with Gasteiger partial charge in [0.15, 0.2) is 0 Å². The molecule has 0 spiro atoms. The van der Waals surface area contributed by atoms with E-state index in [1.165, 1.54) is 51.6 Å². The molecule has 2 rings (SSSR count). The fourth-order valence-electron chi connectivity index (χ4n) is 3.80. The van der Waals surface area contributed by atoms with Gasteiger partial charge < -0.3 is 5.32 Å². The normalized spacial score (nSPS) is 32.3. The SMILES string of the molecule is CC(C)N(CC1CCCCN1)C1CCC(C)(C)C1. The van der Waals surface area contributed by atoms with Gasteiger partial charge in [0, 0.05) is 24.7 Å². The van der Waals surface area contributed by atoms with E-state index in [2.05, 4.69) is 37.9 Å². The smallest absolute Gasteiger partial charge is 0.0195 e. The monoisotopic (exact) mass is 252 g/mol. The minimum absolute atomic E-state index is 0.567. The zero-order chi connectivity index (χ0) is 13.2. The Kier molecular flexibility index (Phi) is 4.71. The molecule has 0 radical (unpaired) electrons. The number of piperidine rings is 1. The molecule has 0 amide bonds. The van der Waals surface area contributed by atoms with E-state index in [1.54, 1.807) is 0 Å². The van der Waals surface area contributed by atoms with Crippen molar-refractivity contribution >= 4 is 0 Å². The number of hydrogen-bond acceptors (Lipinski definition) is 2. The molecule has 1 heterocycles. The largest absolute Gasteiger partial charge is 0.313 e. The molecule has 1 N–H and O–H groups in total. The quantitative estimate of drug-likeness (QED) is 0.825. The van der Waals surface area contributed by atoms with Crippen LogP contribution in [0.1, 0.15) is 66.2 Å². The van der Waals surface area contributed by atoms with Crippen LogP contribution in [0.2, 0.25) is 0 Å². The summed E-state index contributed by atoms with van der Waals surface area (Å²) in [7, 11) is 0. The van der Waals surface area contributed by atoms with Crippen LogP contribution < -0.4 is 5.32 Å². The summed E-state index contributed by atoms with van der Waals surface area (Å²) in [5.74, 6) is 0. The van der Waals surface area contributed by atoms with Crippen molar-refractivity contribution in [1.82, 2.24) is 10.2 Å². The van der Waals surface area contributed by atoms with Gasteiger partial charge in [-0.15, -0.1) is 0 Å². The second-order valence-corrected chi connectivity index (χ2v) is 7.50. The van der Waals surface area contributed by atoms with Gasteiger partial charge in [0.25, 0.3) is 0 Å². The lowest BCUT2D eigenvalue weighted by Crippen LogP contribution is -2.49. The van der Waals surface area contributed by atoms with Crippen LogP contribution in [0.3, 0.4) is 0 Å². The van der Waals surface area contributed by atoms with Crippen molar-refractivity contribution in [2.45, 2.75) is 84.3 Å². The summed E-state index contributed by atoms with van der Waals surface area (Å²) in [5.41, 5.74) is 0.567. The highest BCUT2D eigenvalue weighted by Gasteiger charge is 2.35. The Morgan fingerprint density at radius 2 is 2.00 bits per heavy atom. The third-order valence-electron chi connectivity index (χ3n) is 4.92. The summed E-state index contributed by atoms with van der Waals surface area (Å²) in [5, 5.41) is 3.71. The van der Waals surface area contributed by atoms with E-state index in [0.29, 0.717) is 11.5 Å². The Morgan fingerprint density at radius 3 is 2.50 bits per heavy atom. The molecule has 1 saturated carbocycles. The van der Waals surface area contributed by atoms with Crippen LogP contribution >= 0.6 is 0 Å². The van der Waals surface area contributed by atoms with Crippen molar-refractivity contribution in [2.24, 2.45) is 5.41 Å². The highest BCUT2D eigenvalue weighted by Crippen LogP contribution is 2.40. The molecule has 1 saturated heterocycles. The van der Waals surface area contributed by atoms with E-state index >= 15 is 0 Å². The maximum Gasteiger partial charge on any atom is 0.0195 e. The maximum absolute atomic E-state index is 3.71. The second kappa shape index (κ2) is 5.92. The Balaban J connectivity index is 1.91. The minimum Gasteiger partial charge on any atom is -0.313 e. The zero-order valence-corrected chi connectivity index (χ0v) is 12.8. The van der Waals surface area contributed by atoms with Crippen LogP contribution in [-0.4, -0.2) is 36.1 Å². The molecule has 2 unspecified atom stereocenters. The lowest BCUT2D eigenvalue weighted by Gasteiger charge is -2.37. The van der Waals surface area contributed by atoms with Gasteiger partial charge in [-0.05, 0) is 57.9 Å². The Hall–Kier alpha value is -0.0800. The third kappa shape index (κ3) is 3.71. The lowest BCUT2D eigenvalue weighted by atomic mass is 9.91. The van der Waals surface area contributed by atoms with Gasteiger partial charge in [0.2, 0.25) is 0 Å². The molecule has 0 bridgehead atoms. The first-order chi connectivity index (χ1) is 8.48.